The number of nitrogens with zero attached hydrogens (tertiary/aromatic N) is 2. The summed E-state index contributed by atoms with van der Waals surface area (Å²) in [6.07, 6.45) is 0.879. The lowest BCUT2D eigenvalue weighted by Gasteiger charge is -2.23. The van der Waals surface area contributed by atoms with E-state index in [0.29, 0.717) is 29.2 Å². The molecule has 3 aromatic rings. The number of hydrogen-bond donors (Lipinski definition) is 1. The second kappa shape index (κ2) is 8.70. The summed E-state index contributed by atoms with van der Waals surface area (Å²) in [5.74, 6) is -0.389. The molecule has 1 fully saturated rings. The van der Waals surface area contributed by atoms with Gasteiger partial charge in [0, 0.05) is 11.6 Å². The molecular formula is C25H24N2O5. The number of ether oxygens (including phenoxy) is 1. The first-order valence-corrected chi connectivity index (χ1v) is 10.4. The Morgan fingerprint density at radius 1 is 1.09 bits per heavy atom. The Balaban J connectivity index is 1.85. The summed E-state index contributed by atoms with van der Waals surface area (Å²) in [6.45, 7) is 6.24. The number of aliphatic hydroxyl groups excluding tert-OH is 1. The average molecular weight is 432 g/mol. The van der Waals surface area contributed by atoms with E-state index in [2.05, 4.69) is 5.16 Å². The Morgan fingerprint density at radius 2 is 1.78 bits per heavy atom. The monoisotopic (exact) mass is 432 g/mol. The van der Waals surface area contributed by atoms with Gasteiger partial charge in [-0.3, -0.25) is 14.5 Å². The number of Topliss-reactive ketones (excluding diaryl/α,β-unsaturated/α-hetero) is 1. The van der Waals surface area contributed by atoms with Gasteiger partial charge < -0.3 is 14.4 Å². The number of anilines is 1. The van der Waals surface area contributed by atoms with Crippen LogP contribution in [0.3, 0.4) is 0 Å². The normalized spacial score (nSPS) is 17.7. The first-order valence-electron chi connectivity index (χ1n) is 10.4. The van der Waals surface area contributed by atoms with Crippen LogP contribution in [-0.2, 0) is 9.59 Å². The van der Waals surface area contributed by atoms with Crippen LogP contribution in [0.2, 0.25) is 0 Å². The smallest absolute Gasteiger partial charge is 0.301 e. The van der Waals surface area contributed by atoms with Gasteiger partial charge >= 0.3 is 5.91 Å². The van der Waals surface area contributed by atoms with Gasteiger partial charge in [0.25, 0.3) is 5.78 Å². The Hall–Kier alpha value is -3.87. The first kappa shape index (κ1) is 21.4. The van der Waals surface area contributed by atoms with Gasteiger partial charge in [-0.05, 0) is 38.0 Å². The van der Waals surface area contributed by atoms with Gasteiger partial charge in [0.15, 0.2) is 5.82 Å². The van der Waals surface area contributed by atoms with Crippen molar-refractivity contribution in [2.75, 3.05) is 11.5 Å². The van der Waals surface area contributed by atoms with Crippen LogP contribution in [0.4, 0.5) is 5.82 Å². The maximum Gasteiger partial charge on any atom is 0.301 e. The molecule has 0 radical (unpaired) electrons. The third-order valence-electron chi connectivity index (χ3n) is 5.30. The summed E-state index contributed by atoms with van der Waals surface area (Å²) < 4.78 is 10.8. The maximum atomic E-state index is 13.1. The number of aromatic nitrogens is 1. The van der Waals surface area contributed by atoms with E-state index in [1.807, 2.05) is 26.0 Å². The number of ketones is 1. The molecular weight excluding hydrogens is 408 g/mol. The van der Waals surface area contributed by atoms with E-state index in [0.717, 1.165) is 12.0 Å². The second-order valence-electron chi connectivity index (χ2n) is 7.75. The highest BCUT2D eigenvalue weighted by Crippen LogP contribution is 2.42. The van der Waals surface area contributed by atoms with Crippen LogP contribution in [0.1, 0.15) is 41.8 Å². The third kappa shape index (κ3) is 3.89. The summed E-state index contributed by atoms with van der Waals surface area (Å²) in [7, 11) is 0. The molecule has 7 heteroatoms. The second-order valence-corrected chi connectivity index (χ2v) is 7.75. The van der Waals surface area contributed by atoms with Crippen molar-refractivity contribution in [1.29, 1.82) is 0 Å². The van der Waals surface area contributed by atoms with Crippen LogP contribution in [0.25, 0.3) is 5.76 Å². The van der Waals surface area contributed by atoms with Gasteiger partial charge in [0.2, 0.25) is 0 Å². The Morgan fingerprint density at radius 3 is 2.38 bits per heavy atom. The zero-order valence-corrected chi connectivity index (χ0v) is 18.2. The SMILES string of the molecule is CCCOc1ccc(C2/C(=C(\O)c3ccc(C)cc3)C(=O)C(=O)N2c2cc(C)on2)cc1. The molecule has 1 aliphatic heterocycles. The molecule has 1 amide bonds. The molecule has 1 N–H and O–H groups in total. The van der Waals surface area contributed by atoms with Crippen LogP contribution in [-0.4, -0.2) is 28.6 Å². The Kier molecular flexibility index (Phi) is 5.81. The Labute approximate surface area is 185 Å². The van der Waals surface area contributed by atoms with Crippen LogP contribution < -0.4 is 9.64 Å². The predicted octanol–water partition coefficient (Wildman–Crippen LogP) is 4.71. The van der Waals surface area contributed by atoms with Gasteiger partial charge in [-0.15, -0.1) is 0 Å². The molecule has 1 aliphatic rings. The van der Waals surface area contributed by atoms with Crippen molar-refractivity contribution >= 4 is 23.3 Å². The number of aryl methyl sites for hydroxylation is 2. The zero-order chi connectivity index (χ0) is 22.8. The lowest BCUT2D eigenvalue weighted by molar-refractivity contribution is -0.132. The Bertz CT molecular complexity index is 1180. The van der Waals surface area contributed by atoms with Crippen molar-refractivity contribution in [2.45, 2.75) is 33.2 Å². The van der Waals surface area contributed by atoms with Crippen molar-refractivity contribution in [3.8, 4) is 5.75 Å². The average Bonchev–Trinajstić information content (AvgIpc) is 3.33. The molecule has 164 valence electrons. The minimum atomic E-state index is -0.860. The first-order chi connectivity index (χ1) is 15.4. The summed E-state index contributed by atoms with van der Waals surface area (Å²) in [6, 6.07) is 15.0. The van der Waals surface area contributed by atoms with E-state index in [1.54, 1.807) is 49.4 Å². The molecule has 1 atom stereocenters. The van der Waals surface area contributed by atoms with E-state index in [4.69, 9.17) is 9.26 Å². The molecule has 0 aliphatic carbocycles. The van der Waals surface area contributed by atoms with Crippen LogP contribution >= 0.6 is 0 Å². The van der Waals surface area contributed by atoms with Crippen LogP contribution in [0, 0.1) is 13.8 Å². The minimum absolute atomic E-state index is 0.00160. The molecule has 4 rings (SSSR count). The molecule has 0 spiro atoms. The topological polar surface area (TPSA) is 92.9 Å². The van der Waals surface area contributed by atoms with Crippen molar-refractivity contribution in [3.63, 3.8) is 0 Å². The van der Waals surface area contributed by atoms with Crippen molar-refractivity contribution < 1.29 is 24.0 Å². The van der Waals surface area contributed by atoms with E-state index in [-0.39, 0.29) is 17.2 Å². The number of hydrogen-bond acceptors (Lipinski definition) is 6. The number of carbonyl (C=O) groups is 2. The molecule has 1 aromatic heterocycles. The molecule has 2 aromatic carbocycles. The number of benzene rings is 2. The van der Waals surface area contributed by atoms with Crippen molar-refractivity contribution in [3.05, 3.63) is 82.6 Å². The van der Waals surface area contributed by atoms with Gasteiger partial charge in [-0.2, -0.15) is 0 Å². The highest BCUT2D eigenvalue weighted by Gasteiger charge is 2.48. The van der Waals surface area contributed by atoms with Gasteiger partial charge in [-0.1, -0.05) is 54.0 Å². The highest BCUT2D eigenvalue weighted by molar-refractivity contribution is 6.51. The number of amides is 1. The zero-order valence-electron chi connectivity index (χ0n) is 18.2. The number of carbonyl (C=O) groups excluding carboxylic acids is 2. The largest absolute Gasteiger partial charge is 0.507 e. The lowest BCUT2D eigenvalue weighted by atomic mass is 9.95. The van der Waals surface area contributed by atoms with Gasteiger partial charge in [0.1, 0.15) is 17.3 Å². The summed E-state index contributed by atoms with van der Waals surface area (Å²) >= 11 is 0. The predicted molar refractivity (Wildman–Crippen MR) is 119 cm³/mol. The standard InChI is InChI=1S/C25H24N2O5/c1-4-13-31-19-11-9-17(10-12-19)22-21(23(28)18-7-5-15(2)6-8-18)24(29)25(30)27(22)20-14-16(3)32-26-20/h5-12,14,22,28H,4,13H2,1-3H3/b23-21+. The summed E-state index contributed by atoms with van der Waals surface area (Å²) in [5.41, 5.74) is 2.11. The fourth-order valence-electron chi connectivity index (χ4n) is 3.68. The highest BCUT2D eigenvalue weighted by atomic mass is 16.5. The molecule has 0 bridgehead atoms. The van der Waals surface area contributed by atoms with Crippen molar-refractivity contribution in [2.24, 2.45) is 0 Å². The molecule has 1 unspecified atom stereocenters. The molecule has 0 saturated carbocycles. The molecule has 7 nitrogen and oxygen atoms in total. The van der Waals surface area contributed by atoms with Gasteiger partial charge in [0.05, 0.1) is 18.2 Å². The van der Waals surface area contributed by atoms with E-state index < -0.39 is 17.7 Å². The van der Waals surface area contributed by atoms with E-state index in [1.165, 1.54) is 4.90 Å². The lowest BCUT2D eigenvalue weighted by Crippen LogP contribution is -2.29. The third-order valence-corrected chi connectivity index (χ3v) is 5.30. The van der Waals surface area contributed by atoms with Crippen molar-refractivity contribution in [1.82, 2.24) is 5.16 Å². The molecule has 1 saturated heterocycles. The van der Waals surface area contributed by atoms with Crippen LogP contribution in [0.15, 0.2) is 64.7 Å². The summed E-state index contributed by atoms with van der Waals surface area (Å²) in [4.78, 5) is 27.4. The fourth-order valence-corrected chi connectivity index (χ4v) is 3.68. The number of aliphatic hydroxyl groups is 1. The minimum Gasteiger partial charge on any atom is -0.507 e. The van der Waals surface area contributed by atoms with E-state index >= 15 is 0 Å². The summed E-state index contributed by atoms with van der Waals surface area (Å²) in [5, 5.41) is 15.0. The van der Waals surface area contributed by atoms with Crippen LogP contribution in [0.5, 0.6) is 5.75 Å². The fraction of sp³-hybridized carbons (Fsp3) is 0.240. The quantitative estimate of drug-likeness (QED) is 0.345. The van der Waals surface area contributed by atoms with E-state index in [9.17, 15) is 14.7 Å². The maximum absolute atomic E-state index is 13.1. The molecule has 32 heavy (non-hydrogen) atoms. The molecule has 2 heterocycles. The van der Waals surface area contributed by atoms with Gasteiger partial charge in [-0.25, -0.2) is 0 Å². The number of rotatable bonds is 6.